The molecule has 3 aromatic heterocycles. The highest BCUT2D eigenvalue weighted by Gasteiger charge is 2.24. The maximum Gasteiger partial charge on any atom is 0.215 e. The fourth-order valence-corrected chi connectivity index (χ4v) is 7.44. The van der Waals surface area contributed by atoms with E-state index in [4.69, 9.17) is 19.4 Å². The molecule has 4 aromatic rings. The van der Waals surface area contributed by atoms with E-state index in [0.717, 1.165) is 90.3 Å². The summed E-state index contributed by atoms with van der Waals surface area (Å²) in [6, 6.07) is 15.9. The van der Waals surface area contributed by atoms with Gasteiger partial charge in [-0.15, -0.1) is 10.2 Å². The van der Waals surface area contributed by atoms with Crippen LogP contribution in [0.3, 0.4) is 0 Å². The van der Waals surface area contributed by atoms with Gasteiger partial charge in [-0.3, -0.25) is 14.8 Å². The molecule has 4 heterocycles. The molecule has 1 aliphatic heterocycles. The first-order valence-electron chi connectivity index (χ1n) is 16.0. The summed E-state index contributed by atoms with van der Waals surface area (Å²) >= 11 is 1.68. The second-order valence-corrected chi connectivity index (χ2v) is 19.7. The first-order valence-corrected chi connectivity index (χ1v) is 20.5. The van der Waals surface area contributed by atoms with Crippen LogP contribution in [-0.2, 0) is 15.9 Å². The second-order valence-electron chi connectivity index (χ2n) is 13.1. The highest BCUT2D eigenvalue weighted by atomic mass is 32.1. The first-order chi connectivity index (χ1) is 21.4. The van der Waals surface area contributed by atoms with Crippen LogP contribution in [0.1, 0.15) is 42.2 Å². The predicted molar refractivity (Wildman–Crippen MR) is 182 cm³/mol. The normalized spacial score (nSPS) is 16.5. The smallest absolute Gasteiger partial charge is 0.215 e. The molecule has 0 amide bonds. The zero-order valence-corrected chi connectivity index (χ0v) is 28.1. The van der Waals surface area contributed by atoms with Crippen LogP contribution in [0, 0.1) is 0 Å². The first kappa shape index (κ1) is 31.0. The van der Waals surface area contributed by atoms with Gasteiger partial charge in [0, 0.05) is 45.9 Å². The summed E-state index contributed by atoms with van der Waals surface area (Å²) in [5.41, 5.74) is 4.94. The number of nitrogens with one attached hydrogen (secondary N) is 1. The molecule has 0 spiro atoms. The minimum absolute atomic E-state index is 0.394. The monoisotopic (exact) mass is 631 g/mol. The summed E-state index contributed by atoms with van der Waals surface area (Å²) in [6.45, 7) is 13.0. The van der Waals surface area contributed by atoms with Crippen molar-refractivity contribution in [1.82, 2.24) is 25.1 Å². The maximum atomic E-state index is 6.21. The lowest BCUT2D eigenvalue weighted by Crippen LogP contribution is -2.37. The zero-order valence-electron chi connectivity index (χ0n) is 26.3. The van der Waals surface area contributed by atoms with E-state index in [2.05, 4.69) is 75.3 Å². The van der Waals surface area contributed by atoms with E-state index in [9.17, 15) is 0 Å². The number of ether oxygens (including phenoxy) is 2. The number of hydrogen-bond acceptors (Lipinski definition) is 10. The van der Waals surface area contributed by atoms with Crippen LogP contribution in [0.2, 0.25) is 25.7 Å². The summed E-state index contributed by atoms with van der Waals surface area (Å²) in [6.07, 6.45) is 7.86. The fraction of sp³-hybridized carbons (Fsp3) is 0.515. The van der Waals surface area contributed by atoms with Gasteiger partial charge in [-0.1, -0.05) is 56.0 Å². The van der Waals surface area contributed by atoms with Crippen LogP contribution in [0.25, 0.3) is 11.0 Å². The molecule has 9 nitrogen and oxygen atoms in total. The Labute approximate surface area is 266 Å². The molecule has 11 heteroatoms. The van der Waals surface area contributed by atoms with Crippen molar-refractivity contribution in [3.63, 3.8) is 0 Å². The number of benzene rings is 1. The van der Waals surface area contributed by atoms with Gasteiger partial charge in [-0.05, 0) is 61.2 Å². The van der Waals surface area contributed by atoms with E-state index in [-0.39, 0.29) is 0 Å². The SMILES string of the molecule is C[Si](C)(C)CCOCN(c1ccc2ncc(Nc3ccc(CCN4CCOCC4)cc3)cc2n1)c1nnc(C2CCCC2)s1. The van der Waals surface area contributed by atoms with Crippen molar-refractivity contribution >= 4 is 52.8 Å². The van der Waals surface area contributed by atoms with Crippen molar-refractivity contribution in [3.05, 3.63) is 59.2 Å². The summed E-state index contributed by atoms with van der Waals surface area (Å²) in [4.78, 5) is 14.3. The van der Waals surface area contributed by atoms with E-state index < -0.39 is 8.07 Å². The largest absolute Gasteiger partial charge is 0.379 e. The van der Waals surface area contributed by atoms with Gasteiger partial charge in [-0.2, -0.15) is 0 Å². The Morgan fingerprint density at radius 2 is 1.80 bits per heavy atom. The third-order valence-electron chi connectivity index (χ3n) is 8.44. The van der Waals surface area contributed by atoms with Crippen molar-refractivity contribution < 1.29 is 9.47 Å². The van der Waals surface area contributed by atoms with E-state index in [1.165, 1.54) is 31.2 Å². The number of nitrogens with zero attached hydrogens (tertiary/aromatic N) is 6. The van der Waals surface area contributed by atoms with Gasteiger partial charge >= 0.3 is 0 Å². The summed E-state index contributed by atoms with van der Waals surface area (Å²) in [5, 5.41) is 14.7. The number of hydrogen-bond donors (Lipinski definition) is 1. The standard InChI is InChI=1S/C33H45N7O2SSi/c1-44(2,3)21-20-42-24-40(33-38-37-32(43-33)26-6-4-5-7-26)31-13-12-29-30(36-31)22-28(23-34-29)35-27-10-8-25(9-11-27)14-15-39-16-18-41-19-17-39/h8-13,22-23,26,35H,4-7,14-21,24H2,1-3H3. The van der Waals surface area contributed by atoms with Crippen LogP contribution in [0.4, 0.5) is 22.3 Å². The van der Waals surface area contributed by atoms with Gasteiger partial charge in [0.15, 0.2) is 0 Å². The fourth-order valence-electron chi connectivity index (χ4n) is 5.67. The highest BCUT2D eigenvalue weighted by Crippen LogP contribution is 2.38. The van der Waals surface area contributed by atoms with E-state index in [1.54, 1.807) is 11.3 Å². The molecule has 6 rings (SSSR count). The predicted octanol–water partition coefficient (Wildman–Crippen LogP) is 7.21. The molecule has 0 unspecified atom stereocenters. The Kier molecular flexibility index (Phi) is 10.2. The Morgan fingerprint density at radius 1 is 1.00 bits per heavy atom. The van der Waals surface area contributed by atoms with Gasteiger partial charge in [0.05, 0.1) is 36.1 Å². The lowest BCUT2D eigenvalue weighted by molar-refractivity contribution is 0.0384. The summed E-state index contributed by atoms with van der Waals surface area (Å²) in [7, 11) is -1.20. The van der Waals surface area contributed by atoms with E-state index in [1.807, 2.05) is 18.3 Å². The molecular formula is C33H45N7O2SSi. The van der Waals surface area contributed by atoms with Crippen molar-refractivity contribution in [2.45, 2.75) is 63.7 Å². The highest BCUT2D eigenvalue weighted by molar-refractivity contribution is 7.15. The molecule has 1 saturated carbocycles. The van der Waals surface area contributed by atoms with Crippen LogP contribution >= 0.6 is 11.3 Å². The van der Waals surface area contributed by atoms with Crippen molar-refractivity contribution in [3.8, 4) is 0 Å². The lowest BCUT2D eigenvalue weighted by atomic mass is 10.1. The second kappa shape index (κ2) is 14.4. The molecule has 1 aromatic carbocycles. The quantitative estimate of drug-likeness (QED) is 0.0934. The van der Waals surface area contributed by atoms with Crippen molar-refractivity contribution in [1.29, 1.82) is 0 Å². The molecule has 234 valence electrons. The van der Waals surface area contributed by atoms with Crippen molar-refractivity contribution in [2.75, 3.05) is 56.4 Å². The third kappa shape index (κ3) is 8.39. The number of pyridine rings is 2. The number of morpholine rings is 1. The average molecular weight is 632 g/mol. The molecule has 0 radical (unpaired) electrons. The van der Waals surface area contributed by atoms with Gasteiger partial charge in [0.25, 0.3) is 0 Å². The van der Waals surface area contributed by atoms with Gasteiger partial charge < -0.3 is 14.8 Å². The minimum atomic E-state index is -1.20. The van der Waals surface area contributed by atoms with E-state index >= 15 is 0 Å². The number of fused-ring (bicyclic) bond motifs is 1. The molecular weight excluding hydrogens is 587 g/mol. The zero-order chi connectivity index (χ0) is 30.4. The number of aromatic nitrogens is 4. The van der Waals surface area contributed by atoms with Gasteiger partial charge in [0.2, 0.25) is 5.13 Å². The van der Waals surface area contributed by atoms with Gasteiger partial charge in [-0.25, -0.2) is 4.98 Å². The summed E-state index contributed by atoms with van der Waals surface area (Å²) < 4.78 is 11.7. The van der Waals surface area contributed by atoms with Crippen LogP contribution in [-0.4, -0.2) is 79.3 Å². The minimum Gasteiger partial charge on any atom is -0.379 e. The molecule has 2 aliphatic rings. The number of anilines is 4. The molecule has 1 aliphatic carbocycles. The maximum absolute atomic E-state index is 6.21. The van der Waals surface area contributed by atoms with Crippen LogP contribution in [0.15, 0.2) is 48.7 Å². The molecule has 1 saturated heterocycles. The van der Waals surface area contributed by atoms with Crippen LogP contribution in [0.5, 0.6) is 0 Å². The Balaban J connectivity index is 1.16. The Bertz CT molecular complexity index is 1500. The number of rotatable bonds is 13. The average Bonchev–Trinajstić information content (AvgIpc) is 3.74. The van der Waals surface area contributed by atoms with Crippen LogP contribution < -0.4 is 10.2 Å². The topological polar surface area (TPSA) is 88.5 Å². The molecule has 0 bridgehead atoms. The Morgan fingerprint density at radius 3 is 2.57 bits per heavy atom. The van der Waals surface area contributed by atoms with Crippen molar-refractivity contribution in [2.24, 2.45) is 0 Å². The third-order valence-corrected chi connectivity index (χ3v) is 11.3. The van der Waals surface area contributed by atoms with Gasteiger partial charge in [0.1, 0.15) is 17.6 Å². The Hall–Kier alpha value is -2.96. The lowest BCUT2D eigenvalue weighted by Gasteiger charge is -2.26. The molecule has 2 fully saturated rings. The van der Waals surface area contributed by atoms with E-state index in [0.29, 0.717) is 12.6 Å². The molecule has 0 atom stereocenters. The molecule has 1 N–H and O–H groups in total. The summed E-state index contributed by atoms with van der Waals surface area (Å²) in [5.74, 6) is 1.32. The molecule has 44 heavy (non-hydrogen) atoms.